The Morgan fingerprint density at radius 1 is 1.40 bits per heavy atom. The van der Waals surface area contributed by atoms with Crippen LogP contribution in [0.2, 0.25) is 0 Å². The van der Waals surface area contributed by atoms with Gasteiger partial charge in [-0.25, -0.2) is 9.97 Å². The minimum Gasteiger partial charge on any atom is -0.396 e. The van der Waals surface area contributed by atoms with Crippen LogP contribution >= 0.6 is 27.3 Å². The van der Waals surface area contributed by atoms with Crippen LogP contribution in [-0.4, -0.2) is 9.97 Å². The molecule has 0 amide bonds. The summed E-state index contributed by atoms with van der Waals surface area (Å²) in [6.45, 7) is 0.710. The van der Waals surface area contributed by atoms with E-state index < -0.39 is 0 Å². The van der Waals surface area contributed by atoms with Gasteiger partial charge in [0, 0.05) is 9.35 Å². The second-order valence-electron chi connectivity index (χ2n) is 2.89. The van der Waals surface area contributed by atoms with Crippen LogP contribution in [0.5, 0.6) is 0 Å². The molecule has 0 aromatic carbocycles. The van der Waals surface area contributed by atoms with E-state index in [0.29, 0.717) is 18.2 Å². The lowest BCUT2D eigenvalue weighted by Gasteiger charge is -2.03. The molecule has 0 bridgehead atoms. The largest absolute Gasteiger partial charge is 0.396 e. The van der Waals surface area contributed by atoms with E-state index in [4.69, 9.17) is 5.73 Å². The molecule has 4 nitrogen and oxygen atoms in total. The van der Waals surface area contributed by atoms with Crippen molar-refractivity contribution in [1.29, 1.82) is 0 Å². The summed E-state index contributed by atoms with van der Waals surface area (Å²) in [6.07, 6.45) is 3.16. The van der Waals surface area contributed by atoms with Gasteiger partial charge in [-0.2, -0.15) is 0 Å². The Balaban J connectivity index is 1.99. The molecular weight excluding hydrogens is 276 g/mol. The summed E-state index contributed by atoms with van der Waals surface area (Å²) in [5.74, 6) is 0.588. The molecule has 3 N–H and O–H groups in total. The molecule has 0 fully saturated rings. The van der Waals surface area contributed by atoms with E-state index in [0.717, 1.165) is 4.47 Å². The van der Waals surface area contributed by atoms with Gasteiger partial charge < -0.3 is 11.1 Å². The van der Waals surface area contributed by atoms with Gasteiger partial charge >= 0.3 is 0 Å². The average Bonchev–Trinajstić information content (AvgIpc) is 2.63. The monoisotopic (exact) mass is 284 g/mol. The zero-order valence-electron chi connectivity index (χ0n) is 7.77. The lowest BCUT2D eigenvalue weighted by atomic mass is 10.4. The third kappa shape index (κ3) is 2.66. The maximum absolute atomic E-state index is 5.48. The minimum absolute atomic E-state index is 0.567. The fourth-order valence-corrected chi connectivity index (χ4v) is 2.47. The van der Waals surface area contributed by atoms with Crippen LogP contribution < -0.4 is 11.1 Å². The van der Waals surface area contributed by atoms with Crippen LogP contribution in [0, 0.1) is 0 Å². The Morgan fingerprint density at radius 2 is 2.13 bits per heavy atom. The SMILES string of the molecule is Nc1cnc(NCc2sccc2Br)nc1. The van der Waals surface area contributed by atoms with Crippen LogP contribution in [0.1, 0.15) is 4.88 Å². The fraction of sp³-hybridized carbons (Fsp3) is 0.111. The summed E-state index contributed by atoms with van der Waals surface area (Å²) in [4.78, 5) is 9.32. The van der Waals surface area contributed by atoms with Gasteiger partial charge in [-0.3, -0.25) is 0 Å². The van der Waals surface area contributed by atoms with Crippen molar-refractivity contribution in [3.63, 3.8) is 0 Å². The van der Waals surface area contributed by atoms with Crippen molar-refractivity contribution in [2.24, 2.45) is 0 Å². The highest BCUT2D eigenvalue weighted by Crippen LogP contribution is 2.22. The van der Waals surface area contributed by atoms with Gasteiger partial charge in [0.05, 0.1) is 24.6 Å². The first-order valence-corrected chi connectivity index (χ1v) is 5.96. The van der Waals surface area contributed by atoms with E-state index in [-0.39, 0.29) is 0 Å². The van der Waals surface area contributed by atoms with Gasteiger partial charge in [0.15, 0.2) is 0 Å². The molecule has 0 aliphatic heterocycles. The maximum Gasteiger partial charge on any atom is 0.223 e. The van der Waals surface area contributed by atoms with Gasteiger partial charge in [-0.15, -0.1) is 11.3 Å². The zero-order valence-corrected chi connectivity index (χ0v) is 10.2. The Kier molecular flexibility index (Phi) is 3.17. The molecule has 6 heteroatoms. The highest BCUT2D eigenvalue weighted by molar-refractivity contribution is 9.10. The van der Waals surface area contributed by atoms with E-state index in [1.807, 2.05) is 11.4 Å². The van der Waals surface area contributed by atoms with Crippen molar-refractivity contribution >= 4 is 38.9 Å². The van der Waals surface area contributed by atoms with Gasteiger partial charge in [0.1, 0.15) is 0 Å². The quantitative estimate of drug-likeness (QED) is 0.909. The number of hydrogen-bond acceptors (Lipinski definition) is 5. The van der Waals surface area contributed by atoms with Crippen molar-refractivity contribution in [3.05, 3.63) is 33.2 Å². The molecule has 78 valence electrons. The Labute approximate surface area is 99.7 Å². The van der Waals surface area contributed by atoms with E-state index in [1.165, 1.54) is 4.88 Å². The molecule has 0 spiro atoms. The van der Waals surface area contributed by atoms with Crippen LogP contribution in [0.3, 0.4) is 0 Å². The number of thiophene rings is 1. The molecule has 0 aliphatic rings. The Morgan fingerprint density at radius 3 is 2.73 bits per heavy atom. The highest BCUT2D eigenvalue weighted by Gasteiger charge is 2.01. The summed E-state index contributed by atoms with van der Waals surface area (Å²) in [5.41, 5.74) is 6.05. The summed E-state index contributed by atoms with van der Waals surface area (Å²) in [7, 11) is 0. The molecule has 0 unspecified atom stereocenters. The van der Waals surface area contributed by atoms with Gasteiger partial charge in [-0.1, -0.05) is 0 Å². The first-order valence-electron chi connectivity index (χ1n) is 4.29. The normalized spacial score (nSPS) is 10.2. The number of nitrogen functional groups attached to an aromatic ring is 1. The molecule has 0 saturated heterocycles. The van der Waals surface area contributed by atoms with Gasteiger partial charge in [0.25, 0.3) is 0 Å². The second-order valence-corrected chi connectivity index (χ2v) is 4.74. The molecule has 2 aromatic rings. The van der Waals surface area contributed by atoms with Crippen LogP contribution in [0.25, 0.3) is 0 Å². The lowest BCUT2D eigenvalue weighted by Crippen LogP contribution is -2.02. The number of anilines is 2. The summed E-state index contributed by atoms with van der Waals surface area (Å²) < 4.78 is 1.11. The Hall–Kier alpha value is -1.14. The fourth-order valence-electron chi connectivity index (χ4n) is 1.04. The van der Waals surface area contributed by atoms with Crippen molar-refractivity contribution in [2.45, 2.75) is 6.54 Å². The summed E-state index contributed by atoms with van der Waals surface area (Å²) in [6, 6.07) is 2.02. The molecule has 2 aromatic heterocycles. The van der Waals surface area contributed by atoms with Gasteiger partial charge in [0.2, 0.25) is 5.95 Å². The summed E-state index contributed by atoms with van der Waals surface area (Å²) in [5, 5.41) is 5.15. The number of hydrogen-bond donors (Lipinski definition) is 2. The predicted molar refractivity (Wildman–Crippen MR) is 65.8 cm³/mol. The van der Waals surface area contributed by atoms with Crippen molar-refractivity contribution in [1.82, 2.24) is 9.97 Å². The number of aromatic nitrogens is 2. The zero-order chi connectivity index (χ0) is 10.7. The molecule has 0 radical (unpaired) electrons. The summed E-state index contributed by atoms with van der Waals surface area (Å²) >= 11 is 5.14. The number of rotatable bonds is 3. The molecule has 2 heterocycles. The molecule has 0 saturated carbocycles. The maximum atomic E-state index is 5.48. The molecule has 2 rings (SSSR count). The Bertz CT molecular complexity index is 440. The lowest BCUT2D eigenvalue weighted by molar-refractivity contribution is 1.07. The minimum atomic E-state index is 0.567. The van der Waals surface area contributed by atoms with E-state index in [9.17, 15) is 0 Å². The van der Waals surface area contributed by atoms with E-state index in [2.05, 4.69) is 31.2 Å². The average molecular weight is 285 g/mol. The van der Waals surface area contributed by atoms with Crippen molar-refractivity contribution in [2.75, 3.05) is 11.1 Å². The van der Waals surface area contributed by atoms with Crippen LogP contribution in [-0.2, 0) is 6.54 Å². The second kappa shape index (κ2) is 4.59. The number of nitrogens with two attached hydrogens (primary N) is 1. The van der Waals surface area contributed by atoms with E-state index >= 15 is 0 Å². The first-order chi connectivity index (χ1) is 7.25. The van der Waals surface area contributed by atoms with Crippen molar-refractivity contribution < 1.29 is 0 Å². The number of nitrogens with one attached hydrogen (secondary N) is 1. The third-order valence-corrected chi connectivity index (χ3v) is 3.70. The molecule has 0 atom stereocenters. The van der Waals surface area contributed by atoms with Crippen LogP contribution in [0.15, 0.2) is 28.3 Å². The molecule has 0 aliphatic carbocycles. The topological polar surface area (TPSA) is 63.8 Å². The van der Waals surface area contributed by atoms with Crippen LogP contribution in [0.4, 0.5) is 11.6 Å². The smallest absolute Gasteiger partial charge is 0.223 e. The number of halogens is 1. The molecule has 15 heavy (non-hydrogen) atoms. The standard InChI is InChI=1S/C9H9BrN4S/c10-7-1-2-15-8(7)5-14-9-12-3-6(11)4-13-9/h1-4H,5,11H2,(H,12,13,14). The highest BCUT2D eigenvalue weighted by atomic mass is 79.9. The molecular formula is C9H9BrN4S. The first kappa shape index (κ1) is 10.4. The predicted octanol–water partition coefficient (Wildman–Crippen LogP) is 2.49. The van der Waals surface area contributed by atoms with E-state index in [1.54, 1.807) is 23.7 Å². The van der Waals surface area contributed by atoms with Crippen molar-refractivity contribution in [3.8, 4) is 0 Å². The van der Waals surface area contributed by atoms with Gasteiger partial charge in [-0.05, 0) is 27.4 Å². The third-order valence-electron chi connectivity index (χ3n) is 1.77. The number of nitrogens with zero attached hydrogens (tertiary/aromatic N) is 2.